The molecule has 4 heteroatoms. The Morgan fingerprint density at radius 3 is 1.93 bits per heavy atom. The summed E-state index contributed by atoms with van der Waals surface area (Å²) in [5, 5.41) is 2.70. The monoisotopic (exact) mass is 214 g/mol. The molecular formula is C11H22N2O2. The first-order valence-electron chi connectivity index (χ1n) is 5.53. The number of hydrogen-bond acceptors (Lipinski definition) is 2. The normalized spacial score (nSPS) is 12.4. The maximum atomic E-state index is 11.8. The predicted molar refractivity (Wildman–Crippen MR) is 60.4 cm³/mol. The molecule has 0 radical (unpaired) electrons. The van der Waals surface area contributed by atoms with E-state index in [9.17, 15) is 9.59 Å². The van der Waals surface area contributed by atoms with Crippen molar-refractivity contribution in [2.75, 3.05) is 13.1 Å². The van der Waals surface area contributed by atoms with E-state index >= 15 is 0 Å². The van der Waals surface area contributed by atoms with E-state index < -0.39 is 6.04 Å². The molecule has 0 fully saturated rings. The molecule has 0 aliphatic heterocycles. The number of hydrogen-bond donors (Lipinski definition) is 1. The van der Waals surface area contributed by atoms with Gasteiger partial charge in [-0.3, -0.25) is 9.59 Å². The van der Waals surface area contributed by atoms with Gasteiger partial charge < -0.3 is 10.2 Å². The van der Waals surface area contributed by atoms with E-state index in [2.05, 4.69) is 5.32 Å². The van der Waals surface area contributed by atoms with Crippen LogP contribution in [0.15, 0.2) is 0 Å². The third-order valence-electron chi connectivity index (χ3n) is 2.33. The summed E-state index contributed by atoms with van der Waals surface area (Å²) in [5.74, 6) is -0.186. The highest BCUT2D eigenvalue weighted by molar-refractivity contribution is 5.87. The summed E-state index contributed by atoms with van der Waals surface area (Å²) < 4.78 is 0. The average Bonchev–Trinajstić information content (AvgIpc) is 2.19. The number of likely N-dealkylation sites (N-methyl/N-ethyl adjacent to an activating group) is 1. The van der Waals surface area contributed by atoms with Crippen molar-refractivity contribution in [3.05, 3.63) is 0 Å². The van der Waals surface area contributed by atoms with Crippen LogP contribution in [0.2, 0.25) is 0 Å². The molecule has 0 heterocycles. The Kier molecular flexibility index (Phi) is 5.97. The Bertz CT molecular complexity index is 223. The molecule has 1 unspecified atom stereocenters. The van der Waals surface area contributed by atoms with Crippen molar-refractivity contribution in [2.24, 2.45) is 5.92 Å². The van der Waals surface area contributed by atoms with E-state index in [1.807, 2.05) is 27.7 Å². The van der Waals surface area contributed by atoms with Gasteiger partial charge in [-0.1, -0.05) is 13.8 Å². The SMILES string of the molecule is CCN(CC)C(=O)C(C)NC(=O)C(C)C. The van der Waals surface area contributed by atoms with Gasteiger partial charge in [-0.05, 0) is 20.8 Å². The van der Waals surface area contributed by atoms with Gasteiger partial charge in [0.05, 0.1) is 0 Å². The van der Waals surface area contributed by atoms with E-state index in [-0.39, 0.29) is 17.7 Å². The summed E-state index contributed by atoms with van der Waals surface area (Å²) in [7, 11) is 0. The Hall–Kier alpha value is -1.06. The molecule has 0 spiro atoms. The van der Waals surface area contributed by atoms with Crippen LogP contribution in [-0.4, -0.2) is 35.8 Å². The lowest BCUT2D eigenvalue weighted by atomic mass is 10.2. The number of amides is 2. The highest BCUT2D eigenvalue weighted by Crippen LogP contribution is 1.97. The maximum absolute atomic E-state index is 11.8. The molecule has 15 heavy (non-hydrogen) atoms. The molecule has 2 amide bonds. The Morgan fingerprint density at radius 2 is 1.60 bits per heavy atom. The van der Waals surface area contributed by atoms with E-state index in [0.717, 1.165) is 0 Å². The van der Waals surface area contributed by atoms with Crippen LogP contribution in [-0.2, 0) is 9.59 Å². The molecular weight excluding hydrogens is 192 g/mol. The van der Waals surface area contributed by atoms with Gasteiger partial charge in [-0.2, -0.15) is 0 Å². The van der Waals surface area contributed by atoms with Gasteiger partial charge in [0.25, 0.3) is 0 Å². The zero-order chi connectivity index (χ0) is 12.0. The molecule has 0 saturated carbocycles. The number of carbonyl (C=O) groups excluding carboxylic acids is 2. The van der Waals surface area contributed by atoms with Crippen molar-refractivity contribution in [2.45, 2.75) is 40.7 Å². The first-order chi connectivity index (χ1) is 6.93. The molecule has 0 aliphatic carbocycles. The second-order valence-corrected chi connectivity index (χ2v) is 3.90. The van der Waals surface area contributed by atoms with Crippen LogP contribution in [0, 0.1) is 5.92 Å². The van der Waals surface area contributed by atoms with E-state index in [0.29, 0.717) is 13.1 Å². The highest BCUT2D eigenvalue weighted by Gasteiger charge is 2.20. The van der Waals surface area contributed by atoms with Crippen molar-refractivity contribution < 1.29 is 9.59 Å². The van der Waals surface area contributed by atoms with Crippen molar-refractivity contribution in [3.63, 3.8) is 0 Å². The second-order valence-electron chi connectivity index (χ2n) is 3.90. The molecule has 0 aliphatic rings. The van der Waals surface area contributed by atoms with Crippen molar-refractivity contribution >= 4 is 11.8 Å². The summed E-state index contributed by atoms with van der Waals surface area (Å²) in [4.78, 5) is 24.9. The van der Waals surface area contributed by atoms with Gasteiger partial charge in [0.15, 0.2) is 0 Å². The average molecular weight is 214 g/mol. The smallest absolute Gasteiger partial charge is 0.244 e. The van der Waals surface area contributed by atoms with Gasteiger partial charge in [0, 0.05) is 19.0 Å². The molecule has 0 rings (SSSR count). The van der Waals surface area contributed by atoms with Gasteiger partial charge in [-0.25, -0.2) is 0 Å². The minimum atomic E-state index is -0.431. The lowest BCUT2D eigenvalue weighted by Crippen LogP contribution is -2.47. The van der Waals surface area contributed by atoms with Crippen molar-refractivity contribution in [1.29, 1.82) is 0 Å². The van der Waals surface area contributed by atoms with Crippen molar-refractivity contribution in [3.8, 4) is 0 Å². The van der Waals surface area contributed by atoms with Gasteiger partial charge in [0.1, 0.15) is 6.04 Å². The minimum Gasteiger partial charge on any atom is -0.344 e. The quantitative estimate of drug-likeness (QED) is 0.742. The van der Waals surface area contributed by atoms with Gasteiger partial charge in [-0.15, -0.1) is 0 Å². The number of nitrogens with zero attached hydrogens (tertiary/aromatic N) is 1. The fraction of sp³-hybridized carbons (Fsp3) is 0.818. The summed E-state index contributed by atoms with van der Waals surface area (Å²) in [5.41, 5.74) is 0. The number of nitrogens with one attached hydrogen (secondary N) is 1. The van der Waals surface area contributed by atoms with Crippen molar-refractivity contribution in [1.82, 2.24) is 10.2 Å². The first kappa shape index (κ1) is 13.9. The third-order valence-corrected chi connectivity index (χ3v) is 2.33. The van der Waals surface area contributed by atoms with Crippen LogP contribution in [0.4, 0.5) is 0 Å². The largest absolute Gasteiger partial charge is 0.344 e. The van der Waals surface area contributed by atoms with Crippen LogP contribution in [0.25, 0.3) is 0 Å². The van der Waals surface area contributed by atoms with Crippen LogP contribution in [0.5, 0.6) is 0 Å². The Morgan fingerprint density at radius 1 is 1.13 bits per heavy atom. The highest BCUT2D eigenvalue weighted by atomic mass is 16.2. The lowest BCUT2D eigenvalue weighted by molar-refractivity contribution is -0.136. The fourth-order valence-electron chi connectivity index (χ4n) is 1.25. The van der Waals surface area contributed by atoms with Crippen LogP contribution >= 0.6 is 0 Å². The molecule has 4 nitrogen and oxygen atoms in total. The molecule has 0 saturated heterocycles. The van der Waals surface area contributed by atoms with Crippen LogP contribution in [0.1, 0.15) is 34.6 Å². The maximum Gasteiger partial charge on any atom is 0.244 e. The first-order valence-corrected chi connectivity index (χ1v) is 5.53. The number of carbonyl (C=O) groups is 2. The second kappa shape index (κ2) is 6.43. The zero-order valence-electron chi connectivity index (χ0n) is 10.3. The van der Waals surface area contributed by atoms with Gasteiger partial charge >= 0.3 is 0 Å². The summed E-state index contributed by atoms with van der Waals surface area (Å²) in [6, 6.07) is -0.431. The number of rotatable bonds is 5. The fourth-order valence-corrected chi connectivity index (χ4v) is 1.25. The third kappa shape index (κ3) is 4.32. The van der Waals surface area contributed by atoms with Crippen LogP contribution < -0.4 is 5.32 Å². The predicted octanol–water partition coefficient (Wildman–Crippen LogP) is 1.02. The Balaban J connectivity index is 4.26. The van der Waals surface area contributed by atoms with E-state index in [1.54, 1.807) is 11.8 Å². The molecule has 0 aromatic rings. The molecule has 1 N–H and O–H groups in total. The zero-order valence-corrected chi connectivity index (χ0v) is 10.3. The summed E-state index contributed by atoms with van der Waals surface area (Å²) in [6.07, 6.45) is 0. The summed E-state index contributed by atoms with van der Waals surface area (Å²) >= 11 is 0. The molecule has 0 bridgehead atoms. The molecule has 1 atom stereocenters. The molecule has 0 aromatic heterocycles. The molecule has 0 aromatic carbocycles. The van der Waals surface area contributed by atoms with Gasteiger partial charge in [0.2, 0.25) is 11.8 Å². The van der Waals surface area contributed by atoms with E-state index in [4.69, 9.17) is 0 Å². The minimum absolute atomic E-state index is 0.0194. The lowest BCUT2D eigenvalue weighted by Gasteiger charge is -2.23. The van der Waals surface area contributed by atoms with E-state index in [1.165, 1.54) is 0 Å². The molecule has 88 valence electrons. The van der Waals surface area contributed by atoms with Crippen LogP contribution in [0.3, 0.4) is 0 Å². The summed E-state index contributed by atoms with van der Waals surface area (Å²) in [6.45, 7) is 10.6. The topological polar surface area (TPSA) is 49.4 Å². The standard InChI is InChI=1S/C11H22N2O2/c1-6-13(7-2)11(15)9(5)12-10(14)8(3)4/h8-9H,6-7H2,1-5H3,(H,12,14). The Labute approximate surface area is 92.0 Å².